The molecule has 2 unspecified atom stereocenters. The molecule has 0 aromatic rings. The van der Waals surface area contributed by atoms with Crippen LogP contribution in [0.4, 0.5) is 4.39 Å². The highest BCUT2D eigenvalue weighted by molar-refractivity contribution is 4.71. The fourth-order valence-electron chi connectivity index (χ4n) is 1.03. The lowest BCUT2D eigenvalue weighted by Crippen LogP contribution is -2.15. The van der Waals surface area contributed by atoms with Crippen molar-refractivity contribution >= 4 is 0 Å². The van der Waals surface area contributed by atoms with Gasteiger partial charge in [-0.15, -0.1) is 0 Å². The third kappa shape index (κ3) is 1.63. The van der Waals surface area contributed by atoms with Gasteiger partial charge in [-0.05, 0) is 12.8 Å². The van der Waals surface area contributed by atoms with Crippen LogP contribution in [0.5, 0.6) is 0 Å². The average Bonchev–Trinajstić information content (AvgIpc) is 2.34. The molecule has 2 nitrogen and oxygen atoms in total. The van der Waals surface area contributed by atoms with Gasteiger partial charge >= 0.3 is 0 Å². The van der Waals surface area contributed by atoms with Crippen molar-refractivity contribution in [1.29, 1.82) is 0 Å². The Balaban J connectivity index is 2.20. The molecule has 0 spiro atoms. The van der Waals surface area contributed by atoms with Gasteiger partial charge in [-0.25, -0.2) is 4.39 Å². The molecule has 0 amide bonds. The lowest BCUT2D eigenvalue weighted by Gasteiger charge is -2.06. The van der Waals surface area contributed by atoms with Crippen molar-refractivity contribution in [2.75, 3.05) is 13.3 Å². The van der Waals surface area contributed by atoms with Gasteiger partial charge in [0.05, 0.1) is 18.8 Å². The lowest BCUT2D eigenvalue weighted by molar-refractivity contribution is 0.00216. The Kier molecular flexibility index (Phi) is 2.42. The van der Waals surface area contributed by atoms with E-state index >= 15 is 0 Å². The minimum Gasteiger partial charge on any atom is -0.394 e. The Morgan fingerprint density at radius 1 is 1.44 bits per heavy atom. The molecule has 1 fully saturated rings. The van der Waals surface area contributed by atoms with Gasteiger partial charge in [0.15, 0.2) is 0 Å². The summed E-state index contributed by atoms with van der Waals surface area (Å²) in [6.07, 6.45) is 1.19. The van der Waals surface area contributed by atoms with Gasteiger partial charge < -0.3 is 9.84 Å². The molecule has 0 radical (unpaired) electrons. The SMILES string of the molecule is OCC1CCC(CF)O1. The van der Waals surface area contributed by atoms with Crippen molar-refractivity contribution in [2.45, 2.75) is 25.0 Å². The topological polar surface area (TPSA) is 29.5 Å². The van der Waals surface area contributed by atoms with E-state index in [0.29, 0.717) is 0 Å². The van der Waals surface area contributed by atoms with E-state index < -0.39 is 6.67 Å². The van der Waals surface area contributed by atoms with E-state index in [2.05, 4.69) is 0 Å². The molecule has 2 atom stereocenters. The summed E-state index contributed by atoms with van der Waals surface area (Å²) >= 11 is 0. The molecule has 0 aromatic heterocycles. The van der Waals surface area contributed by atoms with Crippen molar-refractivity contribution in [3.63, 3.8) is 0 Å². The van der Waals surface area contributed by atoms with Crippen LogP contribution in [-0.4, -0.2) is 30.6 Å². The zero-order chi connectivity index (χ0) is 6.69. The molecule has 54 valence electrons. The van der Waals surface area contributed by atoms with Gasteiger partial charge in [-0.2, -0.15) is 0 Å². The van der Waals surface area contributed by atoms with Crippen molar-refractivity contribution in [3.05, 3.63) is 0 Å². The molecule has 1 rings (SSSR count). The van der Waals surface area contributed by atoms with Crippen LogP contribution in [0, 0.1) is 0 Å². The summed E-state index contributed by atoms with van der Waals surface area (Å²) in [5, 5.41) is 8.53. The molecular formula is C6H11FO2. The van der Waals surface area contributed by atoms with Crippen LogP contribution in [-0.2, 0) is 4.74 Å². The predicted molar refractivity (Wildman–Crippen MR) is 31.0 cm³/mol. The maximum Gasteiger partial charge on any atom is 0.116 e. The second-order valence-electron chi connectivity index (χ2n) is 2.29. The zero-order valence-electron chi connectivity index (χ0n) is 5.22. The van der Waals surface area contributed by atoms with Crippen LogP contribution >= 0.6 is 0 Å². The Hall–Kier alpha value is -0.150. The third-order valence-corrected chi connectivity index (χ3v) is 1.57. The predicted octanol–water partition coefficient (Wildman–Crippen LogP) is 0.496. The Labute approximate surface area is 53.6 Å². The summed E-state index contributed by atoms with van der Waals surface area (Å²) < 4.78 is 16.8. The van der Waals surface area contributed by atoms with Crippen molar-refractivity contribution in [1.82, 2.24) is 0 Å². The molecule has 0 bridgehead atoms. The molecule has 0 saturated carbocycles. The summed E-state index contributed by atoms with van der Waals surface area (Å²) in [5.41, 5.74) is 0. The Morgan fingerprint density at radius 2 is 2.11 bits per heavy atom. The maximum absolute atomic E-state index is 11.8. The first-order chi connectivity index (χ1) is 4.36. The third-order valence-electron chi connectivity index (χ3n) is 1.57. The molecule has 1 aliphatic heterocycles. The van der Waals surface area contributed by atoms with Crippen LogP contribution in [0.2, 0.25) is 0 Å². The van der Waals surface area contributed by atoms with Gasteiger partial charge in [0.2, 0.25) is 0 Å². The van der Waals surface area contributed by atoms with Crippen molar-refractivity contribution in [2.24, 2.45) is 0 Å². The van der Waals surface area contributed by atoms with E-state index in [9.17, 15) is 4.39 Å². The molecular weight excluding hydrogens is 123 g/mol. The van der Waals surface area contributed by atoms with Crippen LogP contribution in [0.3, 0.4) is 0 Å². The average molecular weight is 134 g/mol. The van der Waals surface area contributed by atoms with E-state index in [1.54, 1.807) is 0 Å². The molecule has 1 saturated heterocycles. The minimum absolute atomic E-state index is 0.0243. The number of ether oxygens (including phenoxy) is 1. The summed E-state index contributed by atoms with van der Waals surface area (Å²) in [6.45, 7) is -0.396. The molecule has 0 aliphatic carbocycles. The maximum atomic E-state index is 11.8. The summed E-state index contributed by atoms with van der Waals surface area (Å²) in [5.74, 6) is 0. The van der Waals surface area contributed by atoms with Gasteiger partial charge in [0.25, 0.3) is 0 Å². The minimum atomic E-state index is -0.420. The lowest BCUT2D eigenvalue weighted by atomic mass is 10.2. The first kappa shape index (κ1) is 6.96. The van der Waals surface area contributed by atoms with Gasteiger partial charge in [-0.1, -0.05) is 0 Å². The summed E-state index contributed by atoms with van der Waals surface area (Å²) in [7, 11) is 0. The largest absolute Gasteiger partial charge is 0.394 e. The number of hydrogen-bond acceptors (Lipinski definition) is 2. The molecule has 1 aliphatic rings. The number of alkyl halides is 1. The van der Waals surface area contributed by atoms with E-state index in [4.69, 9.17) is 9.84 Å². The van der Waals surface area contributed by atoms with Gasteiger partial charge in [-0.3, -0.25) is 0 Å². The zero-order valence-corrected chi connectivity index (χ0v) is 5.22. The summed E-state index contributed by atoms with van der Waals surface area (Å²) in [4.78, 5) is 0. The number of aliphatic hydroxyl groups is 1. The molecule has 9 heavy (non-hydrogen) atoms. The number of rotatable bonds is 2. The van der Waals surface area contributed by atoms with E-state index in [1.165, 1.54) is 0 Å². The quantitative estimate of drug-likeness (QED) is 0.595. The first-order valence-corrected chi connectivity index (χ1v) is 3.19. The van der Waals surface area contributed by atoms with E-state index in [1.807, 2.05) is 0 Å². The second-order valence-corrected chi connectivity index (χ2v) is 2.29. The van der Waals surface area contributed by atoms with E-state index in [-0.39, 0.29) is 18.8 Å². The Morgan fingerprint density at radius 3 is 2.44 bits per heavy atom. The highest BCUT2D eigenvalue weighted by Crippen LogP contribution is 2.18. The van der Waals surface area contributed by atoms with Crippen LogP contribution in [0.1, 0.15) is 12.8 Å². The van der Waals surface area contributed by atoms with Gasteiger partial charge in [0, 0.05) is 0 Å². The molecule has 1 heterocycles. The van der Waals surface area contributed by atoms with Crippen LogP contribution < -0.4 is 0 Å². The highest BCUT2D eigenvalue weighted by atomic mass is 19.1. The number of halogens is 1. The Bertz CT molecular complexity index is 77.1. The number of hydrogen-bond donors (Lipinski definition) is 1. The van der Waals surface area contributed by atoms with Crippen LogP contribution in [0.25, 0.3) is 0 Å². The number of aliphatic hydroxyl groups excluding tert-OH is 1. The standard InChI is InChI=1S/C6H11FO2/c7-3-5-1-2-6(4-8)9-5/h5-6,8H,1-4H2. The van der Waals surface area contributed by atoms with Crippen molar-refractivity contribution < 1.29 is 14.2 Å². The van der Waals surface area contributed by atoms with Crippen molar-refractivity contribution in [3.8, 4) is 0 Å². The highest BCUT2D eigenvalue weighted by Gasteiger charge is 2.23. The monoisotopic (exact) mass is 134 g/mol. The molecule has 3 heteroatoms. The fourth-order valence-corrected chi connectivity index (χ4v) is 1.03. The van der Waals surface area contributed by atoms with E-state index in [0.717, 1.165) is 12.8 Å². The smallest absolute Gasteiger partial charge is 0.116 e. The van der Waals surface area contributed by atoms with Crippen LogP contribution in [0.15, 0.2) is 0 Å². The fraction of sp³-hybridized carbons (Fsp3) is 1.00. The summed E-state index contributed by atoms with van der Waals surface area (Å²) in [6, 6.07) is 0. The molecule has 0 aromatic carbocycles. The second kappa shape index (κ2) is 3.13. The normalized spacial score (nSPS) is 35.3. The first-order valence-electron chi connectivity index (χ1n) is 3.19. The van der Waals surface area contributed by atoms with Gasteiger partial charge in [0.1, 0.15) is 6.67 Å². The molecule has 1 N–H and O–H groups in total.